The maximum Gasteiger partial charge on any atom is 0.322 e. The number of carbonyl (C=O) groups is 2. The summed E-state index contributed by atoms with van der Waals surface area (Å²) >= 11 is 1.66. The molecule has 6 heteroatoms. The van der Waals surface area contributed by atoms with Gasteiger partial charge in [0, 0.05) is 11.1 Å². The number of hydrogen-bond donors (Lipinski definition) is 3. The van der Waals surface area contributed by atoms with E-state index in [4.69, 9.17) is 0 Å². The quantitative estimate of drug-likeness (QED) is 0.775. The van der Waals surface area contributed by atoms with Gasteiger partial charge in [-0.2, -0.15) is 0 Å². The predicted molar refractivity (Wildman–Crippen MR) is 95.8 cm³/mol. The highest BCUT2D eigenvalue weighted by Crippen LogP contribution is 2.22. The molecule has 3 amide bonds. The van der Waals surface area contributed by atoms with Crippen LogP contribution in [0.1, 0.15) is 37.3 Å². The number of carbonyl (C=O) groups excluding carboxylic acids is 2. The normalized spacial score (nSPS) is 12.5. The highest BCUT2D eigenvalue weighted by atomic mass is 32.1. The lowest BCUT2D eigenvalue weighted by molar-refractivity contribution is -0.676. The molecule has 128 valence electrons. The molecule has 2 rings (SSSR count). The Bertz CT molecular complexity index is 663. The van der Waals surface area contributed by atoms with Crippen molar-refractivity contribution in [3.8, 4) is 0 Å². The Morgan fingerprint density at radius 2 is 1.83 bits per heavy atom. The minimum atomic E-state index is -0.465. The fourth-order valence-corrected chi connectivity index (χ4v) is 3.17. The molecule has 1 aromatic heterocycles. The van der Waals surface area contributed by atoms with E-state index in [0.29, 0.717) is 0 Å². The highest BCUT2D eigenvalue weighted by molar-refractivity contribution is 7.10. The van der Waals surface area contributed by atoms with Crippen LogP contribution in [-0.2, 0) is 4.79 Å². The molecule has 1 aromatic carbocycles. The van der Waals surface area contributed by atoms with Crippen molar-refractivity contribution in [3.63, 3.8) is 0 Å². The Morgan fingerprint density at radius 1 is 1.12 bits per heavy atom. The molecule has 1 atom stereocenters. The van der Waals surface area contributed by atoms with Crippen molar-refractivity contribution in [1.82, 2.24) is 10.6 Å². The summed E-state index contributed by atoms with van der Waals surface area (Å²) in [5.41, 5.74) is 0.754. The fourth-order valence-electron chi connectivity index (χ4n) is 2.32. The van der Waals surface area contributed by atoms with Crippen molar-refractivity contribution in [2.75, 3.05) is 6.54 Å². The first-order chi connectivity index (χ1) is 11.3. The van der Waals surface area contributed by atoms with Crippen molar-refractivity contribution >= 4 is 23.3 Å². The van der Waals surface area contributed by atoms with Gasteiger partial charge < -0.3 is 10.6 Å². The molecule has 2 aromatic rings. The maximum absolute atomic E-state index is 12.0. The number of nitrogens with one attached hydrogen (secondary N) is 2. The van der Waals surface area contributed by atoms with E-state index in [-0.39, 0.29) is 24.0 Å². The SMILES string of the molecule is CC(C)(C)NC(=O)NC(=O)C[NH2+][C@@H](c1ccccc1)c1cccs1. The number of amides is 3. The Hall–Kier alpha value is -2.18. The van der Waals surface area contributed by atoms with Crippen LogP contribution in [0.25, 0.3) is 0 Å². The molecule has 0 aliphatic carbocycles. The number of imide groups is 1. The minimum Gasteiger partial charge on any atom is -0.333 e. The van der Waals surface area contributed by atoms with Crippen LogP contribution in [0.2, 0.25) is 0 Å². The lowest BCUT2D eigenvalue weighted by Crippen LogP contribution is -2.87. The predicted octanol–water partition coefficient (Wildman–Crippen LogP) is 2.03. The molecule has 0 saturated heterocycles. The lowest BCUT2D eigenvalue weighted by atomic mass is 10.1. The van der Waals surface area contributed by atoms with Gasteiger partial charge in [-0.15, -0.1) is 11.3 Å². The molecule has 0 saturated carbocycles. The van der Waals surface area contributed by atoms with Crippen molar-refractivity contribution in [2.45, 2.75) is 32.4 Å². The average molecular weight is 346 g/mol. The third kappa shape index (κ3) is 5.79. The van der Waals surface area contributed by atoms with E-state index in [1.807, 2.05) is 67.9 Å². The zero-order valence-corrected chi connectivity index (χ0v) is 15.0. The van der Waals surface area contributed by atoms with Crippen LogP contribution in [0.15, 0.2) is 47.8 Å². The van der Waals surface area contributed by atoms with Crippen LogP contribution in [0.5, 0.6) is 0 Å². The summed E-state index contributed by atoms with van der Waals surface area (Å²) in [4.78, 5) is 25.0. The van der Waals surface area contributed by atoms with Gasteiger partial charge >= 0.3 is 6.03 Å². The Labute approximate surface area is 146 Å². The van der Waals surface area contributed by atoms with Gasteiger partial charge in [0.05, 0.1) is 4.88 Å². The summed E-state index contributed by atoms with van der Waals surface area (Å²) in [5.74, 6) is -0.311. The Kier molecular flexibility index (Phi) is 6.11. The molecule has 0 radical (unpaired) electrons. The van der Waals surface area contributed by atoms with Crippen LogP contribution in [-0.4, -0.2) is 24.0 Å². The summed E-state index contributed by atoms with van der Waals surface area (Å²) in [6.45, 7) is 5.78. The maximum atomic E-state index is 12.0. The number of nitrogens with two attached hydrogens (primary N) is 1. The van der Waals surface area contributed by atoms with Gasteiger partial charge in [0.25, 0.3) is 5.91 Å². The summed E-state index contributed by atoms with van der Waals surface area (Å²) in [7, 11) is 0. The van der Waals surface area contributed by atoms with Gasteiger partial charge in [-0.1, -0.05) is 36.4 Å². The second-order valence-electron chi connectivity index (χ2n) is 6.60. The van der Waals surface area contributed by atoms with Crippen LogP contribution in [0, 0.1) is 0 Å². The standard InChI is InChI=1S/C18H23N3O2S/c1-18(2,3)21-17(23)20-15(22)12-19-16(14-10-7-11-24-14)13-8-5-4-6-9-13/h4-11,16,19H,12H2,1-3H3,(H2,20,21,22,23)/p+1/t16-/m0/s1. The average Bonchev–Trinajstić information content (AvgIpc) is 3.00. The number of quaternary nitrogens is 1. The van der Waals surface area contributed by atoms with Crippen molar-refractivity contribution in [1.29, 1.82) is 0 Å². The third-order valence-corrected chi connectivity index (χ3v) is 4.24. The molecule has 4 N–H and O–H groups in total. The van der Waals surface area contributed by atoms with Crippen molar-refractivity contribution in [2.24, 2.45) is 0 Å². The molecular weight excluding hydrogens is 322 g/mol. The second kappa shape index (κ2) is 8.08. The molecule has 5 nitrogen and oxygen atoms in total. The molecule has 0 unspecified atom stereocenters. The van der Waals surface area contributed by atoms with Crippen LogP contribution < -0.4 is 16.0 Å². The molecule has 1 heterocycles. The van der Waals surface area contributed by atoms with Gasteiger partial charge in [0.15, 0.2) is 6.54 Å². The number of rotatable bonds is 5. The smallest absolute Gasteiger partial charge is 0.322 e. The first kappa shape index (κ1) is 18.2. The Balaban J connectivity index is 1.96. The van der Waals surface area contributed by atoms with E-state index in [2.05, 4.69) is 16.7 Å². The summed E-state index contributed by atoms with van der Waals surface area (Å²) in [6.07, 6.45) is 0. The largest absolute Gasteiger partial charge is 0.333 e. The highest BCUT2D eigenvalue weighted by Gasteiger charge is 2.21. The number of benzene rings is 1. The van der Waals surface area contributed by atoms with E-state index in [1.54, 1.807) is 11.3 Å². The van der Waals surface area contributed by atoms with Gasteiger partial charge in [0.2, 0.25) is 0 Å². The van der Waals surface area contributed by atoms with Crippen LogP contribution in [0.3, 0.4) is 0 Å². The zero-order valence-electron chi connectivity index (χ0n) is 14.2. The minimum absolute atomic E-state index is 0.0441. The number of thiophene rings is 1. The van der Waals surface area contributed by atoms with Gasteiger partial charge in [-0.25, -0.2) is 4.79 Å². The number of hydrogen-bond acceptors (Lipinski definition) is 3. The first-order valence-corrected chi connectivity index (χ1v) is 8.77. The molecule has 0 bridgehead atoms. The second-order valence-corrected chi connectivity index (χ2v) is 7.58. The molecule has 0 fully saturated rings. The molecular formula is C18H24N3O2S+. The summed E-state index contributed by atoms with van der Waals surface area (Å²) in [6, 6.07) is 13.7. The molecule has 24 heavy (non-hydrogen) atoms. The Morgan fingerprint density at radius 3 is 2.42 bits per heavy atom. The zero-order chi connectivity index (χ0) is 17.6. The third-order valence-electron chi connectivity index (χ3n) is 3.29. The van der Waals surface area contributed by atoms with Crippen LogP contribution >= 0.6 is 11.3 Å². The molecule has 0 spiro atoms. The number of urea groups is 1. The van der Waals surface area contributed by atoms with Crippen LogP contribution in [0.4, 0.5) is 4.79 Å². The molecule has 0 aliphatic heterocycles. The van der Waals surface area contributed by atoms with Gasteiger partial charge in [0.1, 0.15) is 6.04 Å². The summed E-state index contributed by atoms with van der Waals surface area (Å²) < 4.78 is 0. The van der Waals surface area contributed by atoms with E-state index in [9.17, 15) is 9.59 Å². The monoisotopic (exact) mass is 346 g/mol. The summed E-state index contributed by atoms with van der Waals surface area (Å²) in [5, 5.41) is 9.06. The van der Waals surface area contributed by atoms with E-state index in [1.165, 1.54) is 4.88 Å². The van der Waals surface area contributed by atoms with Gasteiger partial charge in [-0.05, 0) is 32.2 Å². The van der Waals surface area contributed by atoms with E-state index < -0.39 is 6.03 Å². The first-order valence-electron chi connectivity index (χ1n) is 7.89. The van der Waals surface area contributed by atoms with E-state index >= 15 is 0 Å². The topological polar surface area (TPSA) is 74.8 Å². The van der Waals surface area contributed by atoms with Gasteiger partial charge in [-0.3, -0.25) is 10.1 Å². The molecule has 0 aliphatic rings. The van der Waals surface area contributed by atoms with E-state index in [0.717, 1.165) is 5.56 Å². The fraction of sp³-hybridized carbons (Fsp3) is 0.333. The van der Waals surface area contributed by atoms with Crippen molar-refractivity contribution in [3.05, 3.63) is 58.3 Å². The lowest BCUT2D eigenvalue weighted by Gasteiger charge is -2.20. The van der Waals surface area contributed by atoms with Crippen molar-refractivity contribution < 1.29 is 14.9 Å².